The fraction of sp³-hybridized carbons (Fsp3) is 0.795. The zero-order valence-electron chi connectivity index (χ0n) is 31.5. The second kappa shape index (κ2) is 18.2. The second-order valence-electron chi connectivity index (χ2n) is 16.0. The van der Waals surface area contributed by atoms with Gasteiger partial charge in [-0.1, -0.05) is 108 Å². The Morgan fingerprint density at radius 3 is 1.67 bits per heavy atom. The molecular weight excluding hydrogens is 524 g/mol. The SMILES string of the molecule is CC(C)C1=C(C(C)C)NCC1.CC(C)C1=CC(C(C)C)CN1.CC(C)C1=CC[C@H](C)N1.CC(C)N1CCC=C1C(C)(C)C. The summed E-state index contributed by atoms with van der Waals surface area (Å²) in [5.74, 6) is 4.28. The molecule has 0 aliphatic carbocycles. The highest BCUT2D eigenvalue weighted by Gasteiger charge is 2.27. The van der Waals surface area contributed by atoms with Crippen LogP contribution in [0.1, 0.15) is 130 Å². The molecule has 3 N–H and O–H groups in total. The van der Waals surface area contributed by atoms with Crippen LogP contribution in [0.3, 0.4) is 0 Å². The molecule has 43 heavy (non-hydrogen) atoms. The maximum atomic E-state index is 3.47. The first-order valence-electron chi connectivity index (χ1n) is 17.7. The molecule has 0 fully saturated rings. The molecule has 0 radical (unpaired) electrons. The number of nitrogens with zero attached hydrogens (tertiary/aromatic N) is 1. The Kier molecular flexibility index (Phi) is 16.6. The minimum absolute atomic E-state index is 0.320. The molecule has 0 bridgehead atoms. The first-order chi connectivity index (χ1) is 19.9. The highest BCUT2D eigenvalue weighted by atomic mass is 15.2. The highest BCUT2D eigenvalue weighted by molar-refractivity contribution is 5.21. The van der Waals surface area contributed by atoms with Gasteiger partial charge in [0.15, 0.2) is 0 Å². The van der Waals surface area contributed by atoms with Gasteiger partial charge in [-0.3, -0.25) is 0 Å². The van der Waals surface area contributed by atoms with E-state index in [1.165, 1.54) is 48.6 Å². The van der Waals surface area contributed by atoms with Gasteiger partial charge < -0.3 is 20.9 Å². The van der Waals surface area contributed by atoms with E-state index >= 15 is 0 Å². The lowest BCUT2D eigenvalue weighted by Crippen LogP contribution is -2.32. The molecule has 0 aromatic carbocycles. The number of rotatable bonds is 6. The Balaban J connectivity index is 0.000000288. The van der Waals surface area contributed by atoms with E-state index in [0.29, 0.717) is 35.3 Å². The van der Waals surface area contributed by atoms with Crippen LogP contribution in [-0.4, -0.2) is 36.6 Å². The van der Waals surface area contributed by atoms with Gasteiger partial charge in [0.1, 0.15) is 0 Å². The summed E-state index contributed by atoms with van der Waals surface area (Å²) in [6, 6.07) is 1.32. The quantitative estimate of drug-likeness (QED) is 0.284. The van der Waals surface area contributed by atoms with Crippen LogP contribution < -0.4 is 16.0 Å². The van der Waals surface area contributed by atoms with Crippen molar-refractivity contribution in [3.63, 3.8) is 0 Å². The summed E-state index contributed by atoms with van der Waals surface area (Å²) >= 11 is 0. The number of allylic oxidation sites excluding steroid dienone is 4. The molecule has 0 amide bonds. The van der Waals surface area contributed by atoms with Crippen LogP contribution in [0.25, 0.3) is 0 Å². The first kappa shape index (κ1) is 39.2. The van der Waals surface area contributed by atoms with E-state index in [4.69, 9.17) is 0 Å². The van der Waals surface area contributed by atoms with Crippen molar-refractivity contribution < 1.29 is 0 Å². The van der Waals surface area contributed by atoms with E-state index in [1.54, 1.807) is 5.57 Å². The van der Waals surface area contributed by atoms with Crippen molar-refractivity contribution in [3.05, 3.63) is 46.6 Å². The molecule has 0 saturated heterocycles. The predicted octanol–water partition coefficient (Wildman–Crippen LogP) is 9.89. The van der Waals surface area contributed by atoms with Crippen molar-refractivity contribution in [2.24, 2.45) is 40.9 Å². The zero-order chi connectivity index (χ0) is 33.1. The maximum absolute atomic E-state index is 3.47. The molecular formula is C39H74N4. The van der Waals surface area contributed by atoms with Crippen LogP contribution in [0.15, 0.2) is 46.6 Å². The largest absolute Gasteiger partial charge is 0.388 e. The van der Waals surface area contributed by atoms with Gasteiger partial charge in [0.25, 0.3) is 0 Å². The third kappa shape index (κ3) is 13.4. The average Bonchev–Trinajstić information content (AvgIpc) is 3.70. The van der Waals surface area contributed by atoms with Gasteiger partial charge in [0.05, 0.1) is 0 Å². The van der Waals surface area contributed by atoms with Gasteiger partial charge in [0.2, 0.25) is 0 Å². The topological polar surface area (TPSA) is 39.3 Å². The van der Waals surface area contributed by atoms with Crippen molar-refractivity contribution in [3.8, 4) is 0 Å². The van der Waals surface area contributed by atoms with Gasteiger partial charge in [-0.15, -0.1) is 0 Å². The molecule has 4 rings (SSSR count). The summed E-state index contributed by atoms with van der Waals surface area (Å²) in [5.41, 5.74) is 7.84. The molecule has 2 atom stereocenters. The Morgan fingerprint density at radius 2 is 1.37 bits per heavy atom. The Hall–Kier alpha value is -1.84. The lowest BCUT2D eigenvalue weighted by atomic mass is 9.91. The van der Waals surface area contributed by atoms with E-state index in [0.717, 1.165) is 30.8 Å². The molecule has 0 spiro atoms. The normalized spacial score (nSPS) is 21.6. The number of hydrogen-bond donors (Lipinski definition) is 3. The van der Waals surface area contributed by atoms with Crippen LogP contribution in [0, 0.1) is 40.9 Å². The monoisotopic (exact) mass is 599 g/mol. The number of hydrogen-bond acceptors (Lipinski definition) is 4. The average molecular weight is 599 g/mol. The maximum Gasteiger partial charge on any atom is 0.0265 e. The molecule has 4 heterocycles. The van der Waals surface area contributed by atoms with Gasteiger partial charge in [-0.05, 0) is 81.1 Å². The molecule has 4 nitrogen and oxygen atoms in total. The van der Waals surface area contributed by atoms with E-state index < -0.39 is 0 Å². The van der Waals surface area contributed by atoms with Crippen molar-refractivity contribution >= 4 is 0 Å². The third-order valence-electron chi connectivity index (χ3n) is 8.88. The molecule has 4 aliphatic rings. The lowest BCUT2D eigenvalue weighted by Gasteiger charge is -2.34. The van der Waals surface area contributed by atoms with Crippen LogP contribution in [0.4, 0.5) is 0 Å². The molecule has 0 aromatic heterocycles. The van der Waals surface area contributed by atoms with Gasteiger partial charge in [0, 0.05) is 59.9 Å². The molecule has 0 saturated carbocycles. The number of nitrogens with one attached hydrogen (secondary N) is 3. The van der Waals surface area contributed by atoms with Crippen molar-refractivity contribution in [2.45, 2.75) is 142 Å². The summed E-state index contributed by atoms with van der Waals surface area (Å²) in [7, 11) is 0. The Bertz CT molecular complexity index is 919. The lowest BCUT2D eigenvalue weighted by molar-refractivity contribution is 0.248. The summed E-state index contributed by atoms with van der Waals surface area (Å²) in [6.07, 6.45) is 10.8. The fourth-order valence-electron chi connectivity index (χ4n) is 6.12. The summed E-state index contributed by atoms with van der Waals surface area (Å²) in [5, 5.41) is 10.3. The third-order valence-corrected chi connectivity index (χ3v) is 8.88. The molecule has 4 aliphatic heterocycles. The minimum Gasteiger partial charge on any atom is -0.388 e. The van der Waals surface area contributed by atoms with Crippen LogP contribution in [0.2, 0.25) is 0 Å². The fourth-order valence-corrected chi connectivity index (χ4v) is 6.12. The van der Waals surface area contributed by atoms with E-state index in [-0.39, 0.29) is 0 Å². The minimum atomic E-state index is 0.320. The Labute approximate surface area is 269 Å². The van der Waals surface area contributed by atoms with Gasteiger partial charge >= 0.3 is 0 Å². The standard InChI is InChI=1S/C11H21N.2C10H19N.C8H15N/c1-9(2)12-8-6-7-10(12)11(3,4)5;1-7(2)9-5-10(8(3)4)11-6-9;1-7(2)9-5-6-11-10(9)8(3)4;1-6(2)8-5-4-7(3)9-8/h7,9H,6,8H2,1-5H3;5,7-9,11H,6H2,1-4H3;7-8,11H,5-6H2,1-4H3;5-7,9H,4H2,1-3H3/t;;;7-/m...0/s1. The summed E-state index contributed by atoms with van der Waals surface area (Å²) in [4.78, 5) is 2.51. The van der Waals surface area contributed by atoms with Gasteiger partial charge in [-0.2, -0.15) is 0 Å². The molecule has 4 heteroatoms. The first-order valence-corrected chi connectivity index (χ1v) is 17.7. The van der Waals surface area contributed by atoms with Crippen molar-refractivity contribution in [1.29, 1.82) is 0 Å². The molecule has 250 valence electrons. The van der Waals surface area contributed by atoms with Crippen LogP contribution in [0.5, 0.6) is 0 Å². The summed E-state index contributed by atoms with van der Waals surface area (Å²) in [6.45, 7) is 39.7. The van der Waals surface area contributed by atoms with Gasteiger partial charge in [-0.25, -0.2) is 0 Å². The highest BCUT2D eigenvalue weighted by Crippen LogP contribution is 2.33. The van der Waals surface area contributed by atoms with Crippen molar-refractivity contribution in [2.75, 3.05) is 19.6 Å². The zero-order valence-corrected chi connectivity index (χ0v) is 31.5. The van der Waals surface area contributed by atoms with Crippen molar-refractivity contribution in [1.82, 2.24) is 20.9 Å². The van der Waals surface area contributed by atoms with Crippen LogP contribution >= 0.6 is 0 Å². The van der Waals surface area contributed by atoms with Crippen LogP contribution in [-0.2, 0) is 0 Å². The van der Waals surface area contributed by atoms with E-state index in [2.05, 4.69) is 150 Å². The van der Waals surface area contributed by atoms with E-state index in [9.17, 15) is 0 Å². The molecule has 0 aromatic rings. The summed E-state index contributed by atoms with van der Waals surface area (Å²) < 4.78 is 0. The second-order valence-corrected chi connectivity index (χ2v) is 16.0. The smallest absolute Gasteiger partial charge is 0.0265 e. The predicted molar refractivity (Wildman–Crippen MR) is 193 cm³/mol. The Morgan fingerprint density at radius 1 is 0.767 bits per heavy atom. The molecule has 1 unspecified atom stereocenters. The van der Waals surface area contributed by atoms with E-state index in [1.807, 2.05) is 0 Å².